The van der Waals surface area contributed by atoms with Crippen molar-refractivity contribution in [2.45, 2.75) is 64.8 Å². The first-order chi connectivity index (χ1) is 16.4. The minimum atomic E-state index is -5.08. The number of aryl methyl sites for hydroxylation is 1. The lowest BCUT2D eigenvalue weighted by atomic mass is 9.73. The van der Waals surface area contributed by atoms with Gasteiger partial charge in [0.15, 0.2) is 0 Å². The zero-order valence-corrected chi connectivity index (χ0v) is 20.4. The maximum absolute atomic E-state index is 12.5. The van der Waals surface area contributed by atoms with Gasteiger partial charge in [-0.3, -0.25) is 9.69 Å². The molecule has 0 bridgehead atoms. The number of aliphatic carboxylic acids is 1. The molecule has 192 valence electrons. The summed E-state index contributed by atoms with van der Waals surface area (Å²) in [7, 11) is 0. The van der Waals surface area contributed by atoms with E-state index in [0.717, 1.165) is 62.7 Å². The molecule has 35 heavy (non-hydrogen) atoms. The van der Waals surface area contributed by atoms with Gasteiger partial charge in [0.2, 0.25) is 5.82 Å². The second kappa shape index (κ2) is 10.9. The van der Waals surface area contributed by atoms with Crippen molar-refractivity contribution >= 4 is 23.5 Å². The van der Waals surface area contributed by atoms with Crippen molar-refractivity contribution in [3.8, 4) is 0 Å². The van der Waals surface area contributed by atoms with E-state index in [2.05, 4.69) is 37.1 Å². The van der Waals surface area contributed by atoms with Crippen molar-refractivity contribution in [3.05, 3.63) is 46.5 Å². The fourth-order valence-corrected chi connectivity index (χ4v) is 4.54. The third-order valence-electron chi connectivity index (χ3n) is 6.30. The molecule has 2 aliphatic heterocycles. The number of nitrogens with one attached hydrogen (secondary N) is 1. The predicted molar refractivity (Wildman–Crippen MR) is 123 cm³/mol. The summed E-state index contributed by atoms with van der Waals surface area (Å²) >= 11 is 5.99. The van der Waals surface area contributed by atoms with Gasteiger partial charge in [0.25, 0.3) is 5.91 Å². The smallest absolute Gasteiger partial charge is 0.475 e. The van der Waals surface area contributed by atoms with Crippen LogP contribution in [-0.4, -0.2) is 62.0 Å². The summed E-state index contributed by atoms with van der Waals surface area (Å²) in [5.41, 5.74) is 1.55. The Morgan fingerprint density at radius 3 is 2.29 bits per heavy atom. The Hall–Kier alpha value is -2.66. The zero-order valence-electron chi connectivity index (χ0n) is 19.6. The molecule has 1 saturated heterocycles. The summed E-state index contributed by atoms with van der Waals surface area (Å²) in [6, 6.07) is 8.22. The van der Waals surface area contributed by atoms with Gasteiger partial charge in [-0.1, -0.05) is 23.7 Å². The molecule has 1 spiro atoms. The molecule has 4 rings (SSSR count). The molecule has 0 saturated carbocycles. The zero-order chi connectivity index (χ0) is 25.8. The molecule has 0 atom stereocenters. The standard InChI is InChI=1S/C21H28ClN5O.C2HF3O2/c1-15(2)23-20(28)19-25-24-18-7-8-21(14-27(18)19)9-11-26(12-10-21)13-16-3-5-17(22)6-4-16;3-2(4,5)1(6)7/h3-6,15H,7-14H2,1-2H3,(H,23,28);(H,6,7). The highest BCUT2D eigenvalue weighted by Gasteiger charge is 2.40. The molecule has 1 amide bonds. The number of carboxylic acids is 1. The minimum absolute atomic E-state index is 0.0918. The number of hydrogen-bond donors (Lipinski definition) is 2. The molecule has 1 aromatic heterocycles. The number of fused-ring (bicyclic) bond motifs is 1. The quantitative estimate of drug-likeness (QED) is 0.640. The second-order valence-electron chi connectivity index (χ2n) is 9.36. The Morgan fingerprint density at radius 2 is 1.74 bits per heavy atom. The van der Waals surface area contributed by atoms with Gasteiger partial charge in [-0.05, 0) is 69.3 Å². The van der Waals surface area contributed by atoms with Gasteiger partial charge >= 0.3 is 12.1 Å². The van der Waals surface area contributed by atoms with Crippen LogP contribution < -0.4 is 5.32 Å². The molecular formula is C23H29ClF3N5O3. The Morgan fingerprint density at radius 1 is 1.14 bits per heavy atom. The molecule has 12 heteroatoms. The minimum Gasteiger partial charge on any atom is -0.475 e. The SMILES string of the molecule is CC(C)NC(=O)c1nnc2n1CC1(CC2)CCN(Cc2ccc(Cl)cc2)CC1.O=C(O)C(F)(F)F. The van der Waals surface area contributed by atoms with Crippen LogP contribution in [0, 0.1) is 5.41 Å². The number of amides is 1. The number of aromatic nitrogens is 3. The Bertz CT molecular complexity index is 1030. The normalized spacial score (nSPS) is 17.5. The maximum atomic E-state index is 12.5. The predicted octanol–water partition coefficient (Wildman–Crippen LogP) is 3.93. The molecule has 0 unspecified atom stereocenters. The average molecular weight is 516 g/mol. The van der Waals surface area contributed by atoms with Crippen LogP contribution in [0.15, 0.2) is 24.3 Å². The number of rotatable bonds is 4. The van der Waals surface area contributed by atoms with Crippen LogP contribution in [0.25, 0.3) is 0 Å². The maximum Gasteiger partial charge on any atom is 0.490 e. The van der Waals surface area contributed by atoms with Gasteiger partial charge in [0, 0.05) is 30.6 Å². The van der Waals surface area contributed by atoms with Crippen molar-refractivity contribution in [3.63, 3.8) is 0 Å². The fourth-order valence-electron chi connectivity index (χ4n) is 4.41. The number of alkyl halides is 3. The number of halogens is 4. The van der Waals surface area contributed by atoms with E-state index in [9.17, 15) is 18.0 Å². The van der Waals surface area contributed by atoms with Crippen molar-refractivity contribution < 1.29 is 27.9 Å². The Labute approximate surface area is 206 Å². The monoisotopic (exact) mass is 515 g/mol. The first kappa shape index (κ1) is 26.9. The van der Waals surface area contributed by atoms with E-state index in [1.165, 1.54) is 5.56 Å². The summed E-state index contributed by atoms with van der Waals surface area (Å²) in [4.78, 5) is 23.9. The van der Waals surface area contributed by atoms with Crippen LogP contribution in [0.2, 0.25) is 5.02 Å². The van der Waals surface area contributed by atoms with Gasteiger partial charge in [0.05, 0.1) is 0 Å². The molecule has 8 nitrogen and oxygen atoms in total. The van der Waals surface area contributed by atoms with Crippen molar-refractivity contribution in [2.24, 2.45) is 5.41 Å². The van der Waals surface area contributed by atoms with E-state index in [0.29, 0.717) is 5.82 Å². The van der Waals surface area contributed by atoms with Crippen LogP contribution in [0.3, 0.4) is 0 Å². The number of carboxylic acid groups (broad SMARTS) is 1. The van der Waals surface area contributed by atoms with E-state index in [4.69, 9.17) is 21.5 Å². The van der Waals surface area contributed by atoms with Crippen LogP contribution in [-0.2, 0) is 24.3 Å². The van der Waals surface area contributed by atoms with Crippen LogP contribution in [0.5, 0.6) is 0 Å². The largest absolute Gasteiger partial charge is 0.490 e. The second-order valence-corrected chi connectivity index (χ2v) is 9.80. The first-order valence-corrected chi connectivity index (χ1v) is 11.8. The van der Waals surface area contributed by atoms with Crippen molar-refractivity contribution in [1.29, 1.82) is 0 Å². The molecule has 1 aromatic carbocycles. The highest BCUT2D eigenvalue weighted by atomic mass is 35.5. The number of nitrogens with zero attached hydrogens (tertiary/aromatic N) is 4. The molecule has 1 fully saturated rings. The van der Waals surface area contributed by atoms with E-state index in [-0.39, 0.29) is 17.4 Å². The molecule has 2 aromatic rings. The Kier molecular flexibility index (Phi) is 8.42. The summed E-state index contributed by atoms with van der Waals surface area (Å²) in [5, 5.41) is 19.3. The summed E-state index contributed by atoms with van der Waals surface area (Å²) < 4.78 is 33.8. The average Bonchev–Trinajstić information content (AvgIpc) is 3.19. The Balaban J connectivity index is 0.000000429. The van der Waals surface area contributed by atoms with Gasteiger partial charge in [0.1, 0.15) is 5.82 Å². The van der Waals surface area contributed by atoms with Gasteiger partial charge in [-0.25, -0.2) is 4.79 Å². The van der Waals surface area contributed by atoms with E-state index in [1.54, 1.807) is 0 Å². The van der Waals surface area contributed by atoms with E-state index < -0.39 is 12.1 Å². The van der Waals surface area contributed by atoms with Crippen LogP contribution in [0.1, 0.15) is 55.1 Å². The van der Waals surface area contributed by atoms with Crippen molar-refractivity contribution in [1.82, 2.24) is 25.0 Å². The third kappa shape index (κ3) is 7.17. The van der Waals surface area contributed by atoms with Crippen molar-refractivity contribution in [2.75, 3.05) is 13.1 Å². The van der Waals surface area contributed by atoms with Gasteiger partial charge in [-0.2, -0.15) is 13.2 Å². The molecule has 0 radical (unpaired) electrons. The number of carbonyl (C=O) groups is 2. The molecule has 2 aliphatic rings. The lowest BCUT2D eigenvalue weighted by Crippen LogP contribution is -2.45. The summed E-state index contributed by atoms with van der Waals surface area (Å²) in [6.45, 7) is 7.89. The third-order valence-corrected chi connectivity index (χ3v) is 6.55. The van der Waals surface area contributed by atoms with E-state index >= 15 is 0 Å². The topological polar surface area (TPSA) is 100 Å². The highest BCUT2D eigenvalue weighted by molar-refractivity contribution is 6.30. The van der Waals surface area contributed by atoms with Crippen LogP contribution in [0.4, 0.5) is 13.2 Å². The number of likely N-dealkylation sites (tertiary alicyclic amines) is 1. The number of hydrogen-bond acceptors (Lipinski definition) is 5. The lowest BCUT2D eigenvalue weighted by Gasteiger charge is -2.44. The fraction of sp³-hybridized carbons (Fsp3) is 0.565. The van der Waals surface area contributed by atoms with Gasteiger partial charge < -0.3 is 15.0 Å². The first-order valence-electron chi connectivity index (χ1n) is 11.4. The molecule has 2 N–H and O–H groups in total. The summed E-state index contributed by atoms with van der Waals surface area (Å²) in [6.07, 6.45) is -0.766. The van der Waals surface area contributed by atoms with E-state index in [1.807, 2.05) is 26.0 Å². The molecule has 0 aliphatic carbocycles. The number of piperidine rings is 1. The molecular weight excluding hydrogens is 487 g/mol. The summed E-state index contributed by atoms with van der Waals surface area (Å²) in [5.74, 6) is -1.46. The number of benzene rings is 1. The van der Waals surface area contributed by atoms with Gasteiger partial charge in [-0.15, -0.1) is 10.2 Å². The highest BCUT2D eigenvalue weighted by Crippen LogP contribution is 2.41. The molecule has 3 heterocycles. The van der Waals surface area contributed by atoms with Crippen LogP contribution >= 0.6 is 11.6 Å². The number of carbonyl (C=O) groups excluding carboxylic acids is 1. The lowest BCUT2D eigenvalue weighted by molar-refractivity contribution is -0.192.